The molecule has 3 rings (SSSR count). The molecule has 2 fully saturated rings. The maximum absolute atomic E-state index is 11.7. The second-order valence-corrected chi connectivity index (χ2v) is 4.12. The van der Waals surface area contributed by atoms with Gasteiger partial charge in [-0.05, 0) is 18.6 Å². The second kappa shape index (κ2) is 3.79. The monoisotopic (exact) mass is 219 g/mol. The zero-order valence-corrected chi connectivity index (χ0v) is 8.83. The van der Waals surface area contributed by atoms with Crippen molar-refractivity contribution in [3.8, 4) is 0 Å². The highest BCUT2D eigenvalue weighted by atomic mass is 16.7. The lowest BCUT2D eigenvalue weighted by Crippen LogP contribution is -2.44. The van der Waals surface area contributed by atoms with Crippen LogP contribution in [0, 0.1) is 5.92 Å². The van der Waals surface area contributed by atoms with Gasteiger partial charge in [0.15, 0.2) is 6.04 Å². The van der Waals surface area contributed by atoms with E-state index in [0.29, 0.717) is 13.2 Å². The van der Waals surface area contributed by atoms with Crippen LogP contribution in [0.25, 0.3) is 0 Å². The molecule has 0 saturated carbocycles. The molecule has 4 heteroatoms. The van der Waals surface area contributed by atoms with E-state index in [0.717, 1.165) is 12.1 Å². The van der Waals surface area contributed by atoms with Gasteiger partial charge in [0.1, 0.15) is 0 Å². The number of benzene rings is 1. The summed E-state index contributed by atoms with van der Waals surface area (Å²) in [5, 5.41) is 1.69. The quantitative estimate of drug-likeness (QED) is 0.669. The maximum Gasteiger partial charge on any atom is 0.331 e. The van der Waals surface area contributed by atoms with Crippen molar-refractivity contribution in [2.24, 2.45) is 5.92 Å². The number of hydrogen-bond donors (Lipinski definition) is 0. The normalized spacial score (nSPS) is 28.8. The highest BCUT2D eigenvalue weighted by Gasteiger charge is 2.44. The molecule has 16 heavy (non-hydrogen) atoms. The first-order valence-corrected chi connectivity index (χ1v) is 5.50. The molecule has 0 radical (unpaired) electrons. The Hall–Kier alpha value is -1.55. The Labute approximate surface area is 93.7 Å². The van der Waals surface area contributed by atoms with Gasteiger partial charge in [-0.15, -0.1) is 0 Å². The number of nitrogens with zero attached hydrogens (tertiary/aromatic N) is 1. The van der Waals surface area contributed by atoms with Crippen LogP contribution in [0.1, 0.15) is 6.42 Å². The number of rotatable bonds is 1. The van der Waals surface area contributed by atoms with E-state index in [-0.39, 0.29) is 17.9 Å². The Balaban J connectivity index is 1.89. The number of ether oxygens (including phenoxy) is 1. The molecule has 1 aromatic rings. The van der Waals surface area contributed by atoms with E-state index in [4.69, 9.17) is 9.57 Å². The number of para-hydroxylation sites is 1. The van der Waals surface area contributed by atoms with Crippen molar-refractivity contribution in [2.75, 3.05) is 18.3 Å². The van der Waals surface area contributed by atoms with Gasteiger partial charge in [-0.2, -0.15) is 0 Å². The molecule has 0 unspecified atom stereocenters. The van der Waals surface area contributed by atoms with Gasteiger partial charge < -0.3 is 4.74 Å². The fraction of sp³-hybridized carbons (Fsp3) is 0.417. The summed E-state index contributed by atoms with van der Waals surface area (Å²) < 4.78 is 5.08. The summed E-state index contributed by atoms with van der Waals surface area (Å²) >= 11 is 0. The highest BCUT2D eigenvalue weighted by Crippen LogP contribution is 2.32. The van der Waals surface area contributed by atoms with Gasteiger partial charge in [0.25, 0.3) is 0 Å². The maximum atomic E-state index is 11.7. The first kappa shape index (κ1) is 9.66. The summed E-state index contributed by atoms with van der Waals surface area (Å²) in [6.07, 6.45) is 0.889. The third kappa shape index (κ3) is 1.46. The summed E-state index contributed by atoms with van der Waals surface area (Å²) in [6.45, 7) is 1.13. The minimum atomic E-state index is -0.267. The van der Waals surface area contributed by atoms with E-state index >= 15 is 0 Å². The zero-order valence-electron chi connectivity index (χ0n) is 8.83. The van der Waals surface area contributed by atoms with Crippen molar-refractivity contribution in [1.82, 2.24) is 0 Å². The van der Waals surface area contributed by atoms with Crippen molar-refractivity contribution in [1.29, 1.82) is 0 Å². The Morgan fingerprint density at radius 2 is 2.06 bits per heavy atom. The molecule has 0 aromatic heterocycles. The van der Waals surface area contributed by atoms with Crippen molar-refractivity contribution in [3.05, 3.63) is 30.3 Å². The number of carbonyl (C=O) groups is 1. The fourth-order valence-corrected chi connectivity index (χ4v) is 2.27. The fourth-order valence-electron chi connectivity index (χ4n) is 2.27. The number of carbonyl (C=O) groups excluding carboxylic acids is 1. The van der Waals surface area contributed by atoms with Crippen LogP contribution in [-0.4, -0.2) is 25.2 Å². The van der Waals surface area contributed by atoms with E-state index in [2.05, 4.69) is 0 Å². The molecule has 84 valence electrons. The van der Waals surface area contributed by atoms with E-state index in [1.54, 1.807) is 5.06 Å². The third-order valence-electron chi connectivity index (χ3n) is 3.11. The zero-order chi connectivity index (χ0) is 11.0. The molecule has 2 heterocycles. The summed E-state index contributed by atoms with van der Waals surface area (Å²) in [6, 6.07) is 9.40. The Morgan fingerprint density at radius 1 is 1.25 bits per heavy atom. The lowest BCUT2D eigenvalue weighted by atomic mass is 9.96. The van der Waals surface area contributed by atoms with E-state index < -0.39 is 0 Å². The lowest BCUT2D eigenvalue weighted by molar-refractivity contribution is -0.150. The third-order valence-corrected chi connectivity index (χ3v) is 3.11. The molecule has 2 aliphatic rings. The van der Waals surface area contributed by atoms with Gasteiger partial charge in [-0.25, -0.2) is 9.86 Å². The van der Waals surface area contributed by atoms with Crippen molar-refractivity contribution in [3.63, 3.8) is 0 Å². The topological polar surface area (TPSA) is 38.8 Å². The SMILES string of the molecule is O=C1OCC[C@@H]2CON(c3ccccc3)[C@H]12. The number of anilines is 1. The Kier molecular flexibility index (Phi) is 2.29. The summed E-state index contributed by atoms with van der Waals surface area (Å²) in [5.41, 5.74) is 0.911. The largest absolute Gasteiger partial charge is 0.464 e. The first-order valence-electron chi connectivity index (χ1n) is 5.50. The molecule has 2 atom stereocenters. The summed E-state index contributed by atoms with van der Waals surface area (Å²) in [4.78, 5) is 17.3. The highest BCUT2D eigenvalue weighted by molar-refractivity contribution is 5.81. The van der Waals surface area contributed by atoms with Crippen LogP contribution in [0.15, 0.2) is 30.3 Å². The van der Waals surface area contributed by atoms with Gasteiger partial charge >= 0.3 is 5.97 Å². The van der Waals surface area contributed by atoms with E-state index in [1.165, 1.54) is 0 Å². The van der Waals surface area contributed by atoms with Crippen molar-refractivity contribution in [2.45, 2.75) is 12.5 Å². The molecule has 1 aromatic carbocycles. The Bertz CT molecular complexity index is 393. The minimum Gasteiger partial charge on any atom is -0.464 e. The summed E-state index contributed by atoms with van der Waals surface area (Å²) in [5.74, 6) is 0.0964. The van der Waals surface area contributed by atoms with Gasteiger partial charge in [-0.3, -0.25) is 4.84 Å². The molecule has 0 bridgehead atoms. The molecule has 0 N–H and O–H groups in total. The lowest BCUT2D eigenvalue weighted by Gasteiger charge is -2.28. The molecule has 0 amide bonds. The van der Waals surface area contributed by atoms with E-state index in [9.17, 15) is 4.79 Å². The molecule has 2 saturated heterocycles. The molecule has 0 aliphatic carbocycles. The predicted octanol–water partition coefficient (Wildman–Crippen LogP) is 1.37. The molecular formula is C12H13NO3. The van der Waals surface area contributed by atoms with E-state index in [1.807, 2.05) is 30.3 Å². The minimum absolute atomic E-state index is 0.169. The van der Waals surface area contributed by atoms with Gasteiger partial charge in [0.2, 0.25) is 0 Å². The van der Waals surface area contributed by atoms with Gasteiger partial charge in [0, 0.05) is 5.92 Å². The van der Waals surface area contributed by atoms with Crippen molar-refractivity contribution >= 4 is 11.7 Å². The average molecular weight is 219 g/mol. The van der Waals surface area contributed by atoms with Crippen LogP contribution in [0.4, 0.5) is 5.69 Å². The van der Waals surface area contributed by atoms with Crippen LogP contribution in [-0.2, 0) is 14.4 Å². The number of cyclic esters (lactones) is 1. The molecule has 4 nitrogen and oxygen atoms in total. The first-order chi connectivity index (χ1) is 7.86. The summed E-state index contributed by atoms with van der Waals surface area (Å²) in [7, 11) is 0. The van der Waals surface area contributed by atoms with Crippen LogP contribution >= 0.6 is 0 Å². The van der Waals surface area contributed by atoms with Gasteiger partial charge in [0.05, 0.1) is 18.9 Å². The standard InChI is InChI=1S/C12H13NO3/c14-12-11-9(6-7-15-12)8-16-13(11)10-4-2-1-3-5-10/h1-5,9,11H,6-8H2/t9-,11+/m1/s1. The molecular weight excluding hydrogens is 206 g/mol. The van der Waals surface area contributed by atoms with Crippen LogP contribution < -0.4 is 5.06 Å². The molecule has 0 spiro atoms. The van der Waals surface area contributed by atoms with Crippen LogP contribution in [0.3, 0.4) is 0 Å². The Morgan fingerprint density at radius 3 is 2.88 bits per heavy atom. The number of fused-ring (bicyclic) bond motifs is 1. The number of hydrogen-bond acceptors (Lipinski definition) is 4. The smallest absolute Gasteiger partial charge is 0.331 e. The predicted molar refractivity (Wildman–Crippen MR) is 57.7 cm³/mol. The average Bonchev–Trinajstić information content (AvgIpc) is 2.75. The van der Waals surface area contributed by atoms with Crippen molar-refractivity contribution < 1.29 is 14.4 Å². The molecule has 2 aliphatic heterocycles. The van der Waals surface area contributed by atoms with Crippen LogP contribution in [0.2, 0.25) is 0 Å². The number of esters is 1. The van der Waals surface area contributed by atoms with Gasteiger partial charge in [-0.1, -0.05) is 18.2 Å². The second-order valence-electron chi connectivity index (χ2n) is 4.12. The van der Waals surface area contributed by atoms with Crippen LogP contribution in [0.5, 0.6) is 0 Å². The number of hydroxylamine groups is 1.